The van der Waals surface area contributed by atoms with Crippen LogP contribution in [-0.2, 0) is 16.0 Å². The summed E-state index contributed by atoms with van der Waals surface area (Å²) in [7, 11) is 0. The van der Waals surface area contributed by atoms with Gasteiger partial charge in [0.05, 0.1) is 5.69 Å². The topological polar surface area (TPSA) is 78.5 Å². The summed E-state index contributed by atoms with van der Waals surface area (Å²) in [6.45, 7) is 6.35. The standard InChI is InChI=1S/C30H30ClN3O3/c1-4-5-7-20-10-16-25(17-11-20)34-29(36)26(31)27(30(34)37)32-24-9-6-8-22(18-24)28(35)33-23-14-12-21(13-15-23)19(2)3/h6,8-19,32H,4-5,7H2,1-3H3,(H,33,35). The third-order valence-corrected chi connectivity index (χ3v) is 6.62. The number of amides is 3. The zero-order chi connectivity index (χ0) is 26.5. The Morgan fingerprint density at radius 3 is 2.27 bits per heavy atom. The van der Waals surface area contributed by atoms with Crippen molar-refractivity contribution in [2.24, 2.45) is 0 Å². The van der Waals surface area contributed by atoms with Gasteiger partial charge in [-0.15, -0.1) is 0 Å². The highest BCUT2D eigenvalue weighted by Gasteiger charge is 2.39. The smallest absolute Gasteiger partial charge is 0.283 e. The van der Waals surface area contributed by atoms with Crippen LogP contribution in [-0.4, -0.2) is 17.7 Å². The molecule has 4 rings (SSSR count). The van der Waals surface area contributed by atoms with E-state index >= 15 is 0 Å². The number of hydrogen-bond acceptors (Lipinski definition) is 4. The van der Waals surface area contributed by atoms with Gasteiger partial charge in [-0.25, -0.2) is 4.90 Å². The van der Waals surface area contributed by atoms with Gasteiger partial charge in [0.15, 0.2) is 0 Å². The van der Waals surface area contributed by atoms with E-state index < -0.39 is 11.8 Å². The molecule has 1 aliphatic rings. The van der Waals surface area contributed by atoms with Gasteiger partial charge < -0.3 is 10.6 Å². The first-order chi connectivity index (χ1) is 17.8. The molecule has 3 aromatic rings. The van der Waals surface area contributed by atoms with Gasteiger partial charge in [0, 0.05) is 16.9 Å². The van der Waals surface area contributed by atoms with Crippen molar-refractivity contribution in [1.29, 1.82) is 0 Å². The van der Waals surface area contributed by atoms with Gasteiger partial charge in [-0.3, -0.25) is 14.4 Å². The maximum atomic E-state index is 13.1. The number of unbranched alkanes of at least 4 members (excludes halogenated alkanes) is 1. The van der Waals surface area contributed by atoms with Gasteiger partial charge in [-0.1, -0.05) is 69.1 Å². The molecule has 0 unspecified atom stereocenters. The molecule has 3 aromatic carbocycles. The summed E-state index contributed by atoms with van der Waals surface area (Å²) in [6, 6.07) is 21.7. The van der Waals surface area contributed by atoms with Crippen molar-refractivity contribution in [3.63, 3.8) is 0 Å². The molecule has 190 valence electrons. The number of halogens is 1. The monoisotopic (exact) mass is 515 g/mol. The Kier molecular flexibility index (Phi) is 8.09. The van der Waals surface area contributed by atoms with E-state index in [1.165, 1.54) is 5.56 Å². The van der Waals surface area contributed by atoms with Crippen molar-refractivity contribution >= 4 is 46.4 Å². The van der Waals surface area contributed by atoms with Crippen LogP contribution in [0, 0.1) is 0 Å². The Bertz CT molecular complexity index is 1350. The second-order valence-corrected chi connectivity index (χ2v) is 9.72. The molecule has 0 atom stereocenters. The Morgan fingerprint density at radius 2 is 1.62 bits per heavy atom. The van der Waals surface area contributed by atoms with Crippen LogP contribution in [0.25, 0.3) is 0 Å². The number of carbonyl (C=O) groups excluding carboxylic acids is 3. The maximum absolute atomic E-state index is 13.1. The second-order valence-electron chi connectivity index (χ2n) is 9.34. The van der Waals surface area contributed by atoms with Crippen LogP contribution >= 0.6 is 11.6 Å². The fourth-order valence-corrected chi connectivity index (χ4v) is 4.29. The molecule has 3 amide bonds. The van der Waals surface area contributed by atoms with Gasteiger partial charge in [0.25, 0.3) is 17.7 Å². The van der Waals surface area contributed by atoms with E-state index in [-0.39, 0.29) is 16.6 Å². The van der Waals surface area contributed by atoms with Crippen LogP contribution in [0.3, 0.4) is 0 Å². The zero-order valence-corrected chi connectivity index (χ0v) is 21.9. The van der Waals surface area contributed by atoms with E-state index in [1.54, 1.807) is 36.4 Å². The average Bonchev–Trinajstić information content (AvgIpc) is 3.11. The van der Waals surface area contributed by atoms with Crippen molar-refractivity contribution in [2.75, 3.05) is 15.5 Å². The lowest BCUT2D eigenvalue weighted by Crippen LogP contribution is -2.32. The summed E-state index contributed by atoms with van der Waals surface area (Å²) in [5, 5.41) is 5.63. The number of hydrogen-bond donors (Lipinski definition) is 2. The molecular weight excluding hydrogens is 486 g/mol. The van der Waals surface area contributed by atoms with Crippen molar-refractivity contribution < 1.29 is 14.4 Å². The molecule has 0 saturated carbocycles. The first-order valence-electron chi connectivity index (χ1n) is 12.4. The van der Waals surface area contributed by atoms with E-state index in [9.17, 15) is 14.4 Å². The Morgan fingerprint density at radius 1 is 0.919 bits per heavy atom. The number of nitrogens with one attached hydrogen (secondary N) is 2. The molecule has 7 heteroatoms. The Hall–Kier alpha value is -3.90. The Labute approximate surface area is 222 Å². The lowest BCUT2D eigenvalue weighted by Gasteiger charge is -2.16. The number of nitrogens with zero attached hydrogens (tertiary/aromatic N) is 1. The minimum absolute atomic E-state index is 0.0245. The quantitative estimate of drug-likeness (QED) is 0.306. The molecule has 1 heterocycles. The molecule has 1 aliphatic heterocycles. The van der Waals surface area contributed by atoms with Gasteiger partial charge >= 0.3 is 0 Å². The SMILES string of the molecule is CCCCc1ccc(N2C(=O)C(Cl)=C(Nc3cccc(C(=O)Nc4ccc(C(C)C)cc4)c3)C2=O)cc1. The molecule has 0 spiro atoms. The summed E-state index contributed by atoms with van der Waals surface area (Å²) in [4.78, 5) is 39.9. The molecular formula is C30H30ClN3O3. The predicted molar refractivity (Wildman–Crippen MR) is 149 cm³/mol. The number of imide groups is 1. The fraction of sp³-hybridized carbons (Fsp3) is 0.233. The number of benzene rings is 3. The predicted octanol–water partition coefficient (Wildman–Crippen LogP) is 6.84. The van der Waals surface area contributed by atoms with Gasteiger partial charge in [0.1, 0.15) is 10.7 Å². The first kappa shape index (κ1) is 26.2. The lowest BCUT2D eigenvalue weighted by molar-refractivity contribution is -0.120. The van der Waals surface area contributed by atoms with Crippen molar-refractivity contribution in [3.05, 3.63) is 100 Å². The van der Waals surface area contributed by atoms with Crippen LogP contribution in [0.5, 0.6) is 0 Å². The highest BCUT2D eigenvalue weighted by Crippen LogP contribution is 2.30. The average molecular weight is 516 g/mol. The van der Waals surface area contributed by atoms with Gasteiger partial charge in [0.2, 0.25) is 0 Å². The van der Waals surface area contributed by atoms with E-state index in [4.69, 9.17) is 11.6 Å². The minimum Gasteiger partial charge on any atom is -0.350 e. The molecule has 6 nitrogen and oxygen atoms in total. The van der Waals surface area contributed by atoms with Crippen LogP contribution in [0.4, 0.5) is 17.1 Å². The molecule has 0 saturated heterocycles. The summed E-state index contributed by atoms with van der Waals surface area (Å²) in [6.07, 6.45) is 3.11. The molecule has 0 aliphatic carbocycles. The summed E-state index contributed by atoms with van der Waals surface area (Å²) in [5.41, 5.74) is 4.32. The molecule has 2 N–H and O–H groups in total. The highest BCUT2D eigenvalue weighted by molar-refractivity contribution is 6.53. The first-order valence-corrected chi connectivity index (χ1v) is 12.8. The van der Waals surface area contributed by atoms with Crippen molar-refractivity contribution in [3.8, 4) is 0 Å². The van der Waals surface area contributed by atoms with Gasteiger partial charge in [-0.2, -0.15) is 0 Å². The second kappa shape index (κ2) is 11.4. The lowest BCUT2D eigenvalue weighted by atomic mass is 10.0. The normalized spacial score (nSPS) is 13.5. The van der Waals surface area contributed by atoms with Crippen LogP contribution < -0.4 is 15.5 Å². The molecule has 0 aromatic heterocycles. The highest BCUT2D eigenvalue weighted by atomic mass is 35.5. The largest absolute Gasteiger partial charge is 0.350 e. The number of carbonyl (C=O) groups is 3. The zero-order valence-electron chi connectivity index (χ0n) is 21.2. The van der Waals surface area contributed by atoms with Crippen molar-refractivity contribution in [2.45, 2.75) is 46.0 Å². The number of aryl methyl sites for hydroxylation is 1. The number of anilines is 3. The minimum atomic E-state index is -0.589. The molecule has 0 bridgehead atoms. The fourth-order valence-electron chi connectivity index (χ4n) is 4.08. The number of rotatable bonds is 9. The van der Waals surface area contributed by atoms with Crippen molar-refractivity contribution in [1.82, 2.24) is 0 Å². The summed E-state index contributed by atoms with van der Waals surface area (Å²) in [5.74, 6) is -1.02. The van der Waals surface area contributed by atoms with Gasteiger partial charge in [-0.05, 0) is 72.4 Å². The van der Waals surface area contributed by atoms with E-state index in [2.05, 4.69) is 31.4 Å². The van der Waals surface area contributed by atoms with Crippen LogP contribution in [0.15, 0.2) is 83.5 Å². The van der Waals surface area contributed by atoms with Crippen LogP contribution in [0.1, 0.15) is 61.0 Å². The van der Waals surface area contributed by atoms with E-state index in [1.807, 2.05) is 36.4 Å². The molecule has 0 radical (unpaired) electrons. The van der Waals surface area contributed by atoms with Crippen LogP contribution in [0.2, 0.25) is 0 Å². The third kappa shape index (κ3) is 5.92. The molecule has 37 heavy (non-hydrogen) atoms. The third-order valence-electron chi connectivity index (χ3n) is 6.27. The summed E-state index contributed by atoms with van der Waals surface area (Å²) >= 11 is 6.29. The van der Waals surface area contributed by atoms with E-state index in [0.717, 1.165) is 29.7 Å². The van der Waals surface area contributed by atoms with E-state index in [0.29, 0.717) is 28.5 Å². The Balaban J connectivity index is 1.47. The maximum Gasteiger partial charge on any atom is 0.283 e. The summed E-state index contributed by atoms with van der Waals surface area (Å²) < 4.78 is 0. The molecule has 0 fully saturated rings.